The van der Waals surface area contributed by atoms with Crippen LogP contribution in [0.15, 0.2) is 58.7 Å². The van der Waals surface area contributed by atoms with Gasteiger partial charge >= 0.3 is 0 Å². The van der Waals surface area contributed by atoms with E-state index in [4.69, 9.17) is 9.84 Å². The Morgan fingerprint density at radius 3 is 2.02 bits per heavy atom. The van der Waals surface area contributed by atoms with E-state index < -0.39 is 0 Å². The van der Waals surface area contributed by atoms with Gasteiger partial charge < -0.3 is 25.8 Å². The van der Waals surface area contributed by atoms with Crippen LogP contribution in [-0.4, -0.2) is 99.9 Å². The molecule has 0 radical (unpaired) electrons. The molecule has 55 heavy (non-hydrogen) atoms. The molecule has 2 aliphatic heterocycles. The van der Waals surface area contributed by atoms with Crippen LogP contribution in [0.25, 0.3) is 0 Å². The van der Waals surface area contributed by atoms with E-state index in [9.17, 15) is 4.79 Å². The zero-order valence-corrected chi connectivity index (χ0v) is 39.8. The van der Waals surface area contributed by atoms with Gasteiger partial charge in [-0.05, 0) is 130 Å². The molecule has 0 amide bonds. The summed E-state index contributed by atoms with van der Waals surface area (Å²) in [6.45, 7) is 44.5. The minimum atomic E-state index is 0.130. The molecule has 0 aromatic rings. The smallest absolute Gasteiger partial charge is 0.145 e. The number of ether oxygens (including phenoxy) is 1. The molecule has 4 N–H and O–H groups in total. The number of rotatable bonds is 12. The Morgan fingerprint density at radius 1 is 1.02 bits per heavy atom. The van der Waals surface area contributed by atoms with Gasteiger partial charge in [0.1, 0.15) is 6.29 Å². The highest BCUT2D eigenvalue weighted by atomic mass is 16.5. The zero-order chi connectivity index (χ0) is 43.4. The van der Waals surface area contributed by atoms with E-state index in [-0.39, 0.29) is 10.8 Å². The number of aliphatic hydroxyl groups excluding tert-OH is 1. The van der Waals surface area contributed by atoms with Gasteiger partial charge in [0.25, 0.3) is 0 Å². The molecule has 2 saturated heterocycles. The number of aliphatic hydroxyl groups is 1. The fourth-order valence-corrected chi connectivity index (χ4v) is 7.44. The SMILES string of the molecule is C/C(C=O)=C\C(C)(C)C.C=CC1CC(/C(=C\C)CCN2CCN(CCC)CC23CC3)CCNC1C.CC.CN.CO.COC/C=C(\C)C(C)(C)C(C)=C(C)C. The van der Waals surface area contributed by atoms with Crippen molar-refractivity contribution in [2.75, 3.05) is 67.1 Å². The molecule has 3 unspecified atom stereocenters. The number of carbonyl (C=O) groups is 1. The molecule has 1 saturated carbocycles. The summed E-state index contributed by atoms with van der Waals surface area (Å²) in [6.07, 6.45) is 17.5. The Hall–Kier alpha value is -1.87. The molecular weight excluding hydrogens is 681 g/mol. The Morgan fingerprint density at radius 2 is 1.60 bits per heavy atom. The summed E-state index contributed by atoms with van der Waals surface area (Å²) in [4.78, 5) is 15.7. The highest BCUT2D eigenvalue weighted by Crippen LogP contribution is 2.45. The second kappa shape index (κ2) is 31.2. The van der Waals surface area contributed by atoms with Crippen LogP contribution in [0.2, 0.25) is 0 Å². The molecule has 3 atom stereocenters. The molecular formula is C48H94N4O3. The molecule has 7 heteroatoms. The predicted molar refractivity (Wildman–Crippen MR) is 245 cm³/mol. The van der Waals surface area contributed by atoms with E-state index in [0.29, 0.717) is 24.1 Å². The minimum Gasteiger partial charge on any atom is -0.400 e. The maximum atomic E-state index is 10.1. The van der Waals surface area contributed by atoms with E-state index in [0.717, 1.165) is 31.4 Å². The molecule has 3 fully saturated rings. The summed E-state index contributed by atoms with van der Waals surface area (Å²) < 4.78 is 5.06. The van der Waals surface area contributed by atoms with Crippen LogP contribution in [0.5, 0.6) is 0 Å². The number of carbonyl (C=O) groups excluding carboxylic acids is 1. The quantitative estimate of drug-likeness (QED) is 0.103. The summed E-state index contributed by atoms with van der Waals surface area (Å²) in [5.41, 5.74) is 12.0. The van der Waals surface area contributed by atoms with E-state index in [1.165, 1.54) is 95.0 Å². The van der Waals surface area contributed by atoms with Crippen LogP contribution in [0.3, 0.4) is 0 Å². The van der Waals surface area contributed by atoms with E-state index in [1.54, 1.807) is 12.7 Å². The molecule has 0 aromatic heterocycles. The standard InChI is InChI=1S/C23H41N3.C13H24O.C8H14O.C2H6.CH5N.CH4O/c1-5-13-25-15-16-26(23(18-25)10-11-23)14-9-20(6-2)22-8-12-24-19(4)21(7-3)17-22;1-10(2)12(4)13(5,6)11(3)8-9-14-7;1-7(6-9)5-8(2,3)4;3*1-2/h6-7,19,21-22,24H,3,5,8-18H2,1-2,4H3;8H,9H2,1-7H3;5-6H,1-4H3;1-2H3;2H2,1H3;2H,1H3/b20-6-;11-8+;7-5+;;;. The second-order valence-electron chi connectivity index (χ2n) is 16.9. The zero-order valence-electron chi connectivity index (χ0n) is 39.8. The third-order valence-electron chi connectivity index (χ3n) is 11.3. The number of nitrogens with zero attached hydrogens (tertiary/aromatic N) is 2. The lowest BCUT2D eigenvalue weighted by atomic mass is 9.77. The summed E-state index contributed by atoms with van der Waals surface area (Å²) in [5, 5.41) is 10.7. The van der Waals surface area contributed by atoms with Crippen molar-refractivity contribution in [3.8, 4) is 0 Å². The van der Waals surface area contributed by atoms with Crippen molar-refractivity contribution in [2.45, 2.75) is 154 Å². The number of nitrogens with two attached hydrogens (primary N) is 1. The molecule has 0 aromatic carbocycles. The first-order chi connectivity index (χ1) is 25.9. The Labute approximate surface area is 343 Å². The van der Waals surface area contributed by atoms with Crippen LogP contribution in [0.1, 0.15) is 142 Å². The average molecular weight is 775 g/mol. The van der Waals surface area contributed by atoms with Gasteiger partial charge in [-0.3, -0.25) is 9.69 Å². The lowest BCUT2D eigenvalue weighted by Gasteiger charge is -2.42. The van der Waals surface area contributed by atoms with Gasteiger partial charge in [-0.25, -0.2) is 0 Å². The van der Waals surface area contributed by atoms with E-state index in [1.807, 2.05) is 26.8 Å². The van der Waals surface area contributed by atoms with Gasteiger partial charge in [0.2, 0.25) is 0 Å². The fourth-order valence-electron chi connectivity index (χ4n) is 7.44. The fraction of sp³-hybridized carbons (Fsp3) is 0.771. The summed E-state index contributed by atoms with van der Waals surface area (Å²) in [7, 11) is 4.23. The van der Waals surface area contributed by atoms with E-state index in [2.05, 4.69) is 129 Å². The highest BCUT2D eigenvalue weighted by Gasteiger charge is 2.50. The molecule has 3 rings (SSSR count). The van der Waals surface area contributed by atoms with Crippen molar-refractivity contribution in [1.29, 1.82) is 0 Å². The van der Waals surface area contributed by atoms with Crippen LogP contribution >= 0.6 is 0 Å². The first-order valence-corrected chi connectivity index (χ1v) is 21.4. The van der Waals surface area contributed by atoms with Crippen LogP contribution in [0.4, 0.5) is 0 Å². The number of aldehydes is 1. The molecule has 7 nitrogen and oxygen atoms in total. The summed E-state index contributed by atoms with van der Waals surface area (Å²) in [5.74, 6) is 1.33. The van der Waals surface area contributed by atoms with Gasteiger partial charge in [0.05, 0.1) is 6.61 Å². The van der Waals surface area contributed by atoms with Crippen molar-refractivity contribution in [3.63, 3.8) is 0 Å². The lowest BCUT2D eigenvalue weighted by Crippen LogP contribution is -2.55. The molecule has 2 heterocycles. The van der Waals surface area contributed by atoms with Crippen molar-refractivity contribution in [3.05, 3.63) is 58.7 Å². The second-order valence-corrected chi connectivity index (χ2v) is 16.9. The number of allylic oxidation sites excluding steroid dienone is 6. The Kier molecular flexibility index (Phi) is 32.6. The van der Waals surface area contributed by atoms with Crippen molar-refractivity contribution in [2.24, 2.45) is 28.4 Å². The lowest BCUT2D eigenvalue weighted by molar-refractivity contribution is -0.104. The van der Waals surface area contributed by atoms with Crippen LogP contribution in [0, 0.1) is 22.7 Å². The minimum absolute atomic E-state index is 0.130. The maximum Gasteiger partial charge on any atom is 0.145 e. The van der Waals surface area contributed by atoms with Crippen molar-refractivity contribution < 1.29 is 14.6 Å². The molecule has 0 bridgehead atoms. The van der Waals surface area contributed by atoms with Gasteiger partial charge in [-0.2, -0.15) is 0 Å². The topological polar surface area (TPSA) is 91.1 Å². The average Bonchev–Trinajstić information content (AvgIpc) is 3.96. The van der Waals surface area contributed by atoms with Gasteiger partial charge in [-0.15, -0.1) is 6.58 Å². The van der Waals surface area contributed by atoms with Crippen molar-refractivity contribution >= 4 is 6.29 Å². The number of hydrogen-bond donors (Lipinski definition) is 3. The van der Waals surface area contributed by atoms with Crippen LogP contribution in [-0.2, 0) is 9.53 Å². The molecule has 324 valence electrons. The highest BCUT2D eigenvalue weighted by molar-refractivity contribution is 5.72. The number of hydrogen-bond acceptors (Lipinski definition) is 7. The normalized spacial score (nSPS) is 21.5. The predicted octanol–water partition coefficient (Wildman–Crippen LogP) is 10.4. The summed E-state index contributed by atoms with van der Waals surface area (Å²) >= 11 is 0. The number of piperazine rings is 1. The summed E-state index contributed by atoms with van der Waals surface area (Å²) in [6, 6.07) is 0.567. The number of methoxy groups -OCH3 is 1. The number of nitrogens with one attached hydrogen (secondary N) is 1. The molecule has 3 aliphatic rings. The van der Waals surface area contributed by atoms with Crippen LogP contribution < -0.4 is 11.1 Å². The first kappa shape index (κ1) is 57.5. The van der Waals surface area contributed by atoms with Gasteiger partial charge in [0, 0.05) is 57.4 Å². The first-order valence-electron chi connectivity index (χ1n) is 21.4. The molecule has 1 aliphatic carbocycles. The molecule has 1 spiro atoms. The monoisotopic (exact) mass is 775 g/mol. The van der Waals surface area contributed by atoms with Gasteiger partial charge in [0.15, 0.2) is 0 Å². The third-order valence-corrected chi connectivity index (χ3v) is 11.3. The van der Waals surface area contributed by atoms with E-state index >= 15 is 0 Å². The van der Waals surface area contributed by atoms with Crippen molar-refractivity contribution in [1.82, 2.24) is 15.1 Å². The Bertz CT molecular complexity index is 1140. The maximum absolute atomic E-state index is 10.1. The van der Waals surface area contributed by atoms with Gasteiger partial charge in [-0.1, -0.05) is 102 Å². The largest absolute Gasteiger partial charge is 0.400 e. The third kappa shape index (κ3) is 22.6. The Balaban J connectivity index is -0.000000787.